The molecular formula is C13H16N2O. The van der Waals surface area contributed by atoms with Gasteiger partial charge >= 0.3 is 0 Å². The average molecular weight is 216 g/mol. The van der Waals surface area contributed by atoms with E-state index in [2.05, 4.69) is 35.1 Å². The Morgan fingerprint density at radius 1 is 1.38 bits per heavy atom. The summed E-state index contributed by atoms with van der Waals surface area (Å²) in [7, 11) is 0. The summed E-state index contributed by atoms with van der Waals surface area (Å²) in [5.41, 5.74) is 3.41. The molecule has 1 atom stereocenters. The molecule has 0 radical (unpaired) electrons. The van der Waals surface area contributed by atoms with Gasteiger partial charge in [0.15, 0.2) is 0 Å². The van der Waals surface area contributed by atoms with Gasteiger partial charge in [0, 0.05) is 6.61 Å². The van der Waals surface area contributed by atoms with Crippen molar-refractivity contribution in [2.45, 2.75) is 32.3 Å². The van der Waals surface area contributed by atoms with Crippen molar-refractivity contribution in [1.82, 2.24) is 9.97 Å². The summed E-state index contributed by atoms with van der Waals surface area (Å²) in [5.74, 6) is 0.986. The second-order valence-electron chi connectivity index (χ2n) is 4.50. The molecule has 1 aromatic heterocycles. The van der Waals surface area contributed by atoms with E-state index in [-0.39, 0.29) is 6.10 Å². The van der Waals surface area contributed by atoms with Gasteiger partial charge < -0.3 is 9.72 Å². The van der Waals surface area contributed by atoms with Crippen LogP contribution in [0.3, 0.4) is 0 Å². The first-order valence-corrected chi connectivity index (χ1v) is 5.91. The predicted octanol–water partition coefficient (Wildman–Crippen LogP) is 3.11. The zero-order chi connectivity index (χ0) is 11.0. The van der Waals surface area contributed by atoms with Crippen molar-refractivity contribution in [2.75, 3.05) is 6.61 Å². The van der Waals surface area contributed by atoms with Crippen LogP contribution in [0.2, 0.25) is 0 Å². The molecule has 0 aliphatic carbocycles. The van der Waals surface area contributed by atoms with Crippen molar-refractivity contribution >= 4 is 11.0 Å². The molecule has 1 aliphatic heterocycles. The molecule has 3 nitrogen and oxygen atoms in total. The highest BCUT2D eigenvalue weighted by atomic mass is 16.5. The maximum atomic E-state index is 5.73. The first-order chi connectivity index (χ1) is 7.83. The molecule has 1 aromatic carbocycles. The standard InChI is InChI=1S/C13H16N2O/c1-9-5-6-10-11(8-9)15-13(14-10)12-4-2-3-7-16-12/h5-6,8,12H,2-4,7H2,1H3,(H,14,15). The molecule has 1 fully saturated rings. The van der Waals surface area contributed by atoms with Crippen LogP contribution in [-0.4, -0.2) is 16.6 Å². The van der Waals surface area contributed by atoms with E-state index in [1.165, 1.54) is 18.4 Å². The molecule has 1 aliphatic rings. The summed E-state index contributed by atoms with van der Waals surface area (Å²) < 4.78 is 5.73. The molecule has 1 N–H and O–H groups in total. The monoisotopic (exact) mass is 216 g/mol. The Morgan fingerprint density at radius 3 is 3.12 bits per heavy atom. The molecule has 0 bridgehead atoms. The van der Waals surface area contributed by atoms with Crippen LogP contribution in [0.5, 0.6) is 0 Å². The number of aromatic nitrogens is 2. The fourth-order valence-electron chi connectivity index (χ4n) is 2.25. The minimum Gasteiger partial charge on any atom is -0.370 e. The maximum Gasteiger partial charge on any atom is 0.136 e. The van der Waals surface area contributed by atoms with Crippen molar-refractivity contribution in [3.05, 3.63) is 29.6 Å². The van der Waals surface area contributed by atoms with Crippen LogP contribution in [0.4, 0.5) is 0 Å². The summed E-state index contributed by atoms with van der Waals surface area (Å²) >= 11 is 0. The number of aryl methyl sites for hydroxylation is 1. The number of hydrogen-bond acceptors (Lipinski definition) is 2. The number of rotatable bonds is 1. The molecule has 84 valence electrons. The molecule has 1 saturated heterocycles. The second kappa shape index (κ2) is 3.91. The number of ether oxygens (including phenoxy) is 1. The van der Waals surface area contributed by atoms with E-state index in [1.807, 2.05) is 0 Å². The van der Waals surface area contributed by atoms with Gasteiger partial charge in [-0.1, -0.05) is 6.07 Å². The van der Waals surface area contributed by atoms with Gasteiger partial charge in [-0.2, -0.15) is 0 Å². The highest BCUT2D eigenvalue weighted by molar-refractivity contribution is 5.75. The van der Waals surface area contributed by atoms with Crippen LogP contribution in [0.25, 0.3) is 11.0 Å². The fraction of sp³-hybridized carbons (Fsp3) is 0.462. The minimum absolute atomic E-state index is 0.168. The first kappa shape index (κ1) is 9.85. The Balaban J connectivity index is 1.97. The van der Waals surface area contributed by atoms with E-state index in [9.17, 15) is 0 Å². The SMILES string of the molecule is Cc1ccc2nc(C3CCCCO3)[nH]c2c1. The number of benzene rings is 1. The third-order valence-electron chi connectivity index (χ3n) is 3.14. The van der Waals surface area contributed by atoms with Crippen molar-refractivity contribution in [2.24, 2.45) is 0 Å². The number of nitrogens with one attached hydrogen (secondary N) is 1. The van der Waals surface area contributed by atoms with Crippen LogP contribution in [0, 0.1) is 6.92 Å². The molecule has 2 aromatic rings. The van der Waals surface area contributed by atoms with Gasteiger partial charge in [-0.25, -0.2) is 4.98 Å². The number of nitrogens with zero attached hydrogens (tertiary/aromatic N) is 1. The lowest BCUT2D eigenvalue weighted by atomic mass is 10.1. The van der Waals surface area contributed by atoms with Gasteiger partial charge in [0.05, 0.1) is 11.0 Å². The first-order valence-electron chi connectivity index (χ1n) is 5.91. The van der Waals surface area contributed by atoms with Crippen LogP contribution < -0.4 is 0 Å². The van der Waals surface area contributed by atoms with Crippen LogP contribution >= 0.6 is 0 Å². The zero-order valence-electron chi connectivity index (χ0n) is 9.49. The number of fused-ring (bicyclic) bond motifs is 1. The van der Waals surface area contributed by atoms with Gasteiger partial charge in [-0.15, -0.1) is 0 Å². The van der Waals surface area contributed by atoms with E-state index < -0.39 is 0 Å². The molecule has 3 rings (SSSR count). The van der Waals surface area contributed by atoms with Crippen molar-refractivity contribution < 1.29 is 4.74 Å². The third-order valence-corrected chi connectivity index (χ3v) is 3.14. The molecule has 0 amide bonds. The summed E-state index contributed by atoms with van der Waals surface area (Å²) in [4.78, 5) is 7.97. The Hall–Kier alpha value is -1.35. The van der Waals surface area contributed by atoms with Gasteiger partial charge in [-0.05, 0) is 43.9 Å². The lowest BCUT2D eigenvalue weighted by Crippen LogP contribution is -2.12. The van der Waals surface area contributed by atoms with Crippen molar-refractivity contribution in [3.8, 4) is 0 Å². The normalized spacial score (nSPS) is 21.4. The number of hydrogen-bond donors (Lipinski definition) is 1. The zero-order valence-corrected chi connectivity index (χ0v) is 9.49. The molecule has 1 unspecified atom stereocenters. The van der Waals surface area contributed by atoms with E-state index in [0.29, 0.717) is 0 Å². The molecule has 2 heterocycles. The maximum absolute atomic E-state index is 5.73. The Kier molecular flexibility index (Phi) is 2.40. The lowest BCUT2D eigenvalue weighted by molar-refractivity contribution is 0.0101. The smallest absolute Gasteiger partial charge is 0.136 e. The second-order valence-corrected chi connectivity index (χ2v) is 4.50. The van der Waals surface area contributed by atoms with Gasteiger partial charge in [0.2, 0.25) is 0 Å². The summed E-state index contributed by atoms with van der Waals surface area (Å²) in [6.07, 6.45) is 3.66. The molecular weight excluding hydrogens is 200 g/mol. The third kappa shape index (κ3) is 1.71. The van der Waals surface area contributed by atoms with Gasteiger partial charge in [-0.3, -0.25) is 0 Å². The molecule has 0 spiro atoms. The molecule has 3 heteroatoms. The van der Waals surface area contributed by atoms with Crippen LogP contribution in [-0.2, 0) is 4.74 Å². The van der Waals surface area contributed by atoms with Gasteiger partial charge in [0.1, 0.15) is 11.9 Å². The van der Waals surface area contributed by atoms with E-state index in [4.69, 9.17) is 4.74 Å². The number of aromatic amines is 1. The summed E-state index contributed by atoms with van der Waals surface area (Å²) in [6.45, 7) is 2.96. The van der Waals surface area contributed by atoms with E-state index in [0.717, 1.165) is 29.9 Å². The minimum atomic E-state index is 0.168. The van der Waals surface area contributed by atoms with Crippen molar-refractivity contribution in [3.63, 3.8) is 0 Å². The summed E-state index contributed by atoms with van der Waals surface area (Å²) in [5, 5.41) is 0. The number of H-pyrrole nitrogens is 1. The van der Waals surface area contributed by atoms with Crippen LogP contribution in [0.15, 0.2) is 18.2 Å². The topological polar surface area (TPSA) is 37.9 Å². The predicted molar refractivity (Wildman–Crippen MR) is 63.4 cm³/mol. The van der Waals surface area contributed by atoms with E-state index in [1.54, 1.807) is 0 Å². The van der Waals surface area contributed by atoms with Crippen LogP contribution in [0.1, 0.15) is 36.8 Å². The highest BCUT2D eigenvalue weighted by Gasteiger charge is 2.19. The Morgan fingerprint density at radius 2 is 2.31 bits per heavy atom. The number of imidazole rings is 1. The quantitative estimate of drug-likeness (QED) is 0.795. The highest BCUT2D eigenvalue weighted by Crippen LogP contribution is 2.27. The molecule has 16 heavy (non-hydrogen) atoms. The Bertz CT molecular complexity index is 498. The van der Waals surface area contributed by atoms with E-state index >= 15 is 0 Å². The largest absolute Gasteiger partial charge is 0.370 e. The molecule has 0 saturated carbocycles. The van der Waals surface area contributed by atoms with Crippen molar-refractivity contribution in [1.29, 1.82) is 0 Å². The lowest BCUT2D eigenvalue weighted by Gasteiger charge is -2.20. The Labute approximate surface area is 94.8 Å². The fourth-order valence-corrected chi connectivity index (χ4v) is 2.25. The van der Waals surface area contributed by atoms with Gasteiger partial charge in [0.25, 0.3) is 0 Å². The average Bonchev–Trinajstić information content (AvgIpc) is 2.73. The summed E-state index contributed by atoms with van der Waals surface area (Å²) in [6, 6.07) is 6.29.